The lowest BCUT2D eigenvalue weighted by Crippen LogP contribution is -1.98. The fraction of sp³-hybridized carbons (Fsp3) is 0.214. The van der Waals surface area contributed by atoms with Crippen LogP contribution < -0.4 is 10.1 Å². The highest BCUT2D eigenvalue weighted by atomic mass is 79.9. The number of nitrogens with one attached hydrogen (secondary N) is 1. The van der Waals surface area contributed by atoms with Gasteiger partial charge in [0.1, 0.15) is 18.2 Å². The van der Waals surface area contributed by atoms with Gasteiger partial charge in [0.25, 0.3) is 0 Å². The molecule has 0 atom stereocenters. The quantitative estimate of drug-likeness (QED) is 0.933. The Morgan fingerprint density at radius 2 is 2.11 bits per heavy atom. The first-order chi connectivity index (χ1) is 8.69. The summed E-state index contributed by atoms with van der Waals surface area (Å²) >= 11 is 3.47. The number of hydrogen-bond acceptors (Lipinski definition) is 3. The van der Waals surface area contributed by atoms with Crippen LogP contribution in [0.4, 0.5) is 5.82 Å². The van der Waals surface area contributed by atoms with E-state index in [4.69, 9.17) is 4.74 Å². The van der Waals surface area contributed by atoms with Gasteiger partial charge in [0.2, 0.25) is 0 Å². The van der Waals surface area contributed by atoms with Crippen molar-refractivity contribution in [2.75, 3.05) is 12.4 Å². The van der Waals surface area contributed by atoms with E-state index >= 15 is 0 Å². The van der Waals surface area contributed by atoms with Gasteiger partial charge in [-0.3, -0.25) is 0 Å². The van der Waals surface area contributed by atoms with Crippen molar-refractivity contribution < 1.29 is 4.74 Å². The third-order valence-electron chi connectivity index (χ3n) is 2.62. The molecule has 3 nitrogen and oxygen atoms in total. The molecule has 0 spiro atoms. The summed E-state index contributed by atoms with van der Waals surface area (Å²) in [6.07, 6.45) is 1.82. The molecule has 18 heavy (non-hydrogen) atoms. The molecule has 1 aromatic carbocycles. The zero-order chi connectivity index (χ0) is 13.0. The van der Waals surface area contributed by atoms with Crippen molar-refractivity contribution in [3.8, 4) is 5.75 Å². The zero-order valence-electron chi connectivity index (χ0n) is 10.4. The Hall–Kier alpha value is -1.55. The summed E-state index contributed by atoms with van der Waals surface area (Å²) in [4.78, 5) is 4.24. The molecule has 0 unspecified atom stereocenters. The summed E-state index contributed by atoms with van der Waals surface area (Å²) in [5, 5.41) is 2.98. The Morgan fingerprint density at radius 1 is 1.28 bits per heavy atom. The van der Waals surface area contributed by atoms with Crippen molar-refractivity contribution in [3.63, 3.8) is 0 Å². The molecule has 0 aliphatic rings. The van der Waals surface area contributed by atoms with Gasteiger partial charge in [0.15, 0.2) is 0 Å². The van der Waals surface area contributed by atoms with Crippen LogP contribution in [0, 0.1) is 6.92 Å². The maximum Gasteiger partial charge on any atom is 0.125 e. The third-order valence-corrected chi connectivity index (χ3v) is 3.51. The van der Waals surface area contributed by atoms with Crippen LogP contribution in [0.3, 0.4) is 0 Å². The molecule has 94 valence electrons. The average molecular weight is 307 g/mol. The fourth-order valence-corrected chi connectivity index (χ4v) is 1.78. The van der Waals surface area contributed by atoms with Gasteiger partial charge in [0, 0.05) is 23.3 Å². The van der Waals surface area contributed by atoms with E-state index < -0.39 is 0 Å². The van der Waals surface area contributed by atoms with E-state index in [0.29, 0.717) is 6.61 Å². The van der Waals surface area contributed by atoms with Crippen molar-refractivity contribution in [2.45, 2.75) is 13.5 Å². The van der Waals surface area contributed by atoms with Crippen LogP contribution in [-0.2, 0) is 6.61 Å². The van der Waals surface area contributed by atoms with Crippen LogP contribution in [0.5, 0.6) is 5.75 Å². The molecule has 1 heterocycles. The van der Waals surface area contributed by atoms with Crippen molar-refractivity contribution in [1.82, 2.24) is 4.98 Å². The van der Waals surface area contributed by atoms with E-state index in [2.05, 4.69) is 26.2 Å². The molecule has 1 N–H and O–H groups in total. The van der Waals surface area contributed by atoms with E-state index in [1.165, 1.54) is 0 Å². The molecule has 0 aliphatic heterocycles. The number of benzene rings is 1. The van der Waals surface area contributed by atoms with Gasteiger partial charge in [-0.05, 0) is 36.8 Å². The lowest BCUT2D eigenvalue weighted by Gasteiger charge is -2.08. The summed E-state index contributed by atoms with van der Waals surface area (Å²) in [6.45, 7) is 2.57. The molecular weight excluding hydrogens is 292 g/mol. The first kappa shape index (κ1) is 12.9. The van der Waals surface area contributed by atoms with Crippen molar-refractivity contribution in [3.05, 3.63) is 52.1 Å². The topological polar surface area (TPSA) is 34.1 Å². The minimum absolute atomic E-state index is 0.526. The van der Waals surface area contributed by atoms with Gasteiger partial charge in [-0.1, -0.05) is 22.0 Å². The van der Waals surface area contributed by atoms with Crippen LogP contribution in [0.1, 0.15) is 11.1 Å². The second-order valence-electron chi connectivity index (χ2n) is 4.00. The predicted molar refractivity (Wildman–Crippen MR) is 77.0 cm³/mol. The van der Waals surface area contributed by atoms with Crippen LogP contribution in [-0.4, -0.2) is 12.0 Å². The van der Waals surface area contributed by atoms with Crippen molar-refractivity contribution >= 4 is 21.7 Å². The number of aromatic nitrogens is 1. The van der Waals surface area contributed by atoms with Crippen LogP contribution in [0.2, 0.25) is 0 Å². The molecule has 0 radical (unpaired) electrons. The molecule has 2 aromatic rings. The van der Waals surface area contributed by atoms with E-state index in [1.54, 1.807) is 0 Å². The van der Waals surface area contributed by atoms with E-state index in [1.807, 2.05) is 50.5 Å². The Balaban J connectivity index is 1.99. The largest absolute Gasteiger partial charge is 0.489 e. The highest BCUT2D eigenvalue weighted by Gasteiger charge is 2.00. The Bertz CT molecular complexity index is 526. The molecule has 2 rings (SSSR count). The van der Waals surface area contributed by atoms with Gasteiger partial charge in [-0.25, -0.2) is 4.98 Å². The van der Waals surface area contributed by atoms with E-state index in [-0.39, 0.29) is 0 Å². The maximum atomic E-state index is 5.72. The maximum absolute atomic E-state index is 5.72. The first-order valence-electron chi connectivity index (χ1n) is 5.70. The third kappa shape index (κ3) is 3.23. The van der Waals surface area contributed by atoms with Gasteiger partial charge in [0.05, 0.1) is 0 Å². The highest BCUT2D eigenvalue weighted by Crippen LogP contribution is 2.22. The monoisotopic (exact) mass is 306 g/mol. The smallest absolute Gasteiger partial charge is 0.125 e. The minimum atomic E-state index is 0.526. The highest BCUT2D eigenvalue weighted by molar-refractivity contribution is 9.10. The lowest BCUT2D eigenvalue weighted by atomic mass is 10.2. The van der Waals surface area contributed by atoms with Crippen LogP contribution >= 0.6 is 15.9 Å². The SMILES string of the molecule is CNc1ccc(COc2ccc(Br)c(C)c2)cn1. The molecule has 0 fully saturated rings. The predicted octanol–water partition coefficient (Wildman–Crippen LogP) is 3.77. The lowest BCUT2D eigenvalue weighted by molar-refractivity contribution is 0.305. The summed E-state index contributed by atoms with van der Waals surface area (Å²) in [5.41, 5.74) is 2.21. The fourth-order valence-electron chi connectivity index (χ4n) is 1.53. The number of pyridine rings is 1. The Morgan fingerprint density at radius 3 is 2.72 bits per heavy atom. The number of aryl methyl sites for hydroxylation is 1. The number of rotatable bonds is 4. The summed E-state index contributed by atoms with van der Waals surface area (Å²) in [5.74, 6) is 1.73. The zero-order valence-corrected chi connectivity index (χ0v) is 12.0. The molecule has 0 saturated carbocycles. The normalized spacial score (nSPS) is 10.2. The Labute approximate surface area is 115 Å². The number of halogens is 1. The average Bonchev–Trinajstić information content (AvgIpc) is 2.41. The molecule has 0 aliphatic carbocycles. The summed E-state index contributed by atoms with van der Waals surface area (Å²) in [7, 11) is 1.85. The molecule has 0 amide bonds. The first-order valence-corrected chi connectivity index (χ1v) is 6.50. The molecule has 0 bridgehead atoms. The number of ether oxygens (including phenoxy) is 1. The Kier molecular flexibility index (Phi) is 4.20. The van der Waals surface area contributed by atoms with Gasteiger partial charge >= 0.3 is 0 Å². The molecule has 0 saturated heterocycles. The van der Waals surface area contributed by atoms with Gasteiger partial charge in [-0.2, -0.15) is 0 Å². The summed E-state index contributed by atoms with van der Waals surface area (Å²) < 4.78 is 6.81. The number of nitrogens with zero attached hydrogens (tertiary/aromatic N) is 1. The van der Waals surface area contributed by atoms with Crippen LogP contribution in [0.25, 0.3) is 0 Å². The van der Waals surface area contributed by atoms with Crippen molar-refractivity contribution in [1.29, 1.82) is 0 Å². The van der Waals surface area contributed by atoms with E-state index in [9.17, 15) is 0 Å². The molecular formula is C14H15BrN2O. The molecule has 1 aromatic heterocycles. The van der Waals surface area contributed by atoms with E-state index in [0.717, 1.165) is 27.2 Å². The summed E-state index contributed by atoms with van der Waals surface area (Å²) in [6, 6.07) is 9.90. The number of hydrogen-bond donors (Lipinski definition) is 1. The molecule has 4 heteroatoms. The second kappa shape index (κ2) is 5.87. The minimum Gasteiger partial charge on any atom is -0.489 e. The van der Waals surface area contributed by atoms with Gasteiger partial charge in [-0.15, -0.1) is 0 Å². The standard InChI is InChI=1S/C14H15BrN2O/c1-10-7-12(4-5-13(10)15)18-9-11-3-6-14(16-2)17-8-11/h3-8H,9H2,1-2H3,(H,16,17). The second-order valence-corrected chi connectivity index (χ2v) is 4.86. The van der Waals surface area contributed by atoms with Crippen LogP contribution in [0.15, 0.2) is 41.0 Å². The van der Waals surface area contributed by atoms with Crippen molar-refractivity contribution in [2.24, 2.45) is 0 Å². The van der Waals surface area contributed by atoms with Gasteiger partial charge < -0.3 is 10.1 Å². The number of anilines is 1.